The fraction of sp³-hybridized carbons (Fsp3) is 0.500. The molecule has 14 heteroatoms. The minimum atomic E-state index is -1.01. The topological polar surface area (TPSA) is 166 Å². The first-order valence-corrected chi connectivity index (χ1v) is 12.3. The summed E-state index contributed by atoms with van der Waals surface area (Å²) in [5.74, 6) is -1.50. The number of primary amides is 1. The second-order valence-electron chi connectivity index (χ2n) is 7.68. The predicted octanol–water partition coefficient (Wildman–Crippen LogP) is 0.264. The Hall–Kier alpha value is -3.52. The predicted molar refractivity (Wildman–Crippen MR) is 129 cm³/mol. The Kier molecular flexibility index (Phi) is 9.36. The number of carbonyl (C=O) groups is 4. The number of likely N-dealkylation sites (N-methyl/N-ethyl adjacent to an activating group) is 1. The number of amides is 3. The van der Waals surface area contributed by atoms with Gasteiger partial charge < -0.3 is 34.7 Å². The molecule has 3 rings (SSSR count). The van der Waals surface area contributed by atoms with Crippen LogP contribution in [0, 0.1) is 0 Å². The summed E-state index contributed by atoms with van der Waals surface area (Å²) in [5, 5.41) is 5.75. The first kappa shape index (κ1) is 27.1. The molecule has 0 bridgehead atoms. The summed E-state index contributed by atoms with van der Waals surface area (Å²) >= 11 is 1.30. The Morgan fingerprint density at radius 2 is 2.06 bits per heavy atom. The third kappa shape index (κ3) is 5.99. The van der Waals surface area contributed by atoms with Crippen molar-refractivity contribution in [1.29, 1.82) is 0 Å². The molecule has 3 N–H and O–H groups in total. The first-order chi connectivity index (χ1) is 17.3. The summed E-state index contributed by atoms with van der Waals surface area (Å²) in [4.78, 5) is 58.1. The Balaban J connectivity index is 1.75. The van der Waals surface area contributed by atoms with Gasteiger partial charge in [0.05, 0.1) is 6.26 Å². The van der Waals surface area contributed by atoms with Crippen LogP contribution in [0.1, 0.15) is 19.6 Å². The first-order valence-electron chi connectivity index (χ1n) is 11.3. The van der Waals surface area contributed by atoms with Crippen molar-refractivity contribution in [2.45, 2.75) is 25.3 Å². The molecular formula is C22H29N5O8S. The van der Waals surface area contributed by atoms with Crippen molar-refractivity contribution < 1.29 is 37.9 Å². The van der Waals surface area contributed by atoms with Gasteiger partial charge in [-0.15, -0.1) is 11.8 Å². The van der Waals surface area contributed by atoms with Crippen LogP contribution in [0.4, 0.5) is 4.79 Å². The van der Waals surface area contributed by atoms with E-state index in [2.05, 4.69) is 15.4 Å². The zero-order valence-corrected chi connectivity index (χ0v) is 21.0. The highest BCUT2D eigenvalue weighted by atomic mass is 32.2. The molecule has 1 aromatic heterocycles. The molecule has 0 aromatic carbocycles. The average Bonchev–Trinajstić information content (AvgIpc) is 3.40. The van der Waals surface area contributed by atoms with Crippen LogP contribution in [-0.2, 0) is 28.7 Å². The van der Waals surface area contributed by atoms with Crippen LogP contribution in [0.2, 0.25) is 0 Å². The summed E-state index contributed by atoms with van der Waals surface area (Å²) in [7, 11) is 1.28. The van der Waals surface area contributed by atoms with E-state index in [1.807, 2.05) is 13.8 Å². The van der Waals surface area contributed by atoms with Gasteiger partial charge in [0.25, 0.3) is 11.8 Å². The maximum Gasteiger partial charge on any atom is 0.404 e. The smallest absolute Gasteiger partial charge is 0.404 e. The van der Waals surface area contributed by atoms with Crippen LogP contribution in [0.25, 0.3) is 0 Å². The SMILES string of the molecule is CCN(CC)CCOC(=O)C1=C(COC(N)=O)CSC2C(NC(=O)/C(=N\OC)c3ccco3)C(=O)N12. The van der Waals surface area contributed by atoms with Gasteiger partial charge in [0, 0.05) is 17.9 Å². The molecule has 2 aliphatic heterocycles. The highest BCUT2D eigenvalue weighted by Gasteiger charge is 2.54. The van der Waals surface area contributed by atoms with E-state index in [-0.39, 0.29) is 36.1 Å². The minimum absolute atomic E-state index is 0.00753. The van der Waals surface area contributed by atoms with Gasteiger partial charge in [-0.1, -0.05) is 19.0 Å². The molecule has 3 amide bonds. The van der Waals surface area contributed by atoms with Crippen molar-refractivity contribution in [3.8, 4) is 0 Å². The van der Waals surface area contributed by atoms with E-state index in [9.17, 15) is 19.2 Å². The van der Waals surface area contributed by atoms with Gasteiger partial charge in [0.15, 0.2) is 5.76 Å². The molecule has 1 aromatic rings. The number of rotatable bonds is 12. The quantitative estimate of drug-likeness (QED) is 0.168. The number of thioether (sulfide) groups is 1. The minimum Gasteiger partial charge on any atom is -0.462 e. The second kappa shape index (κ2) is 12.4. The lowest BCUT2D eigenvalue weighted by Gasteiger charge is -2.49. The Morgan fingerprint density at radius 3 is 2.67 bits per heavy atom. The van der Waals surface area contributed by atoms with Crippen molar-refractivity contribution in [2.24, 2.45) is 10.9 Å². The molecule has 36 heavy (non-hydrogen) atoms. The Labute approximate surface area is 211 Å². The number of hydrogen-bond acceptors (Lipinski definition) is 11. The largest absolute Gasteiger partial charge is 0.462 e. The van der Waals surface area contributed by atoms with Crippen LogP contribution in [0.3, 0.4) is 0 Å². The van der Waals surface area contributed by atoms with E-state index in [0.717, 1.165) is 13.1 Å². The number of ether oxygens (including phenoxy) is 2. The molecule has 0 aliphatic carbocycles. The summed E-state index contributed by atoms with van der Waals surface area (Å²) < 4.78 is 15.5. The normalized spacial score (nSPS) is 19.5. The average molecular weight is 524 g/mol. The third-order valence-electron chi connectivity index (χ3n) is 5.60. The monoisotopic (exact) mass is 523 g/mol. The molecular weight excluding hydrogens is 494 g/mol. The molecule has 3 heterocycles. The maximum atomic E-state index is 13.1. The van der Waals surface area contributed by atoms with Gasteiger partial charge in [0.1, 0.15) is 37.4 Å². The maximum absolute atomic E-state index is 13.1. The number of carbonyl (C=O) groups excluding carboxylic acids is 4. The lowest BCUT2D eigenvalue weighted by molar-refractivity contribution is -0.152. The van der Waals surface area contributed by atoms with Crippen LogP contribution in [0.5, 0.6) is 0 Å². The van der Waals surface area contributed by atoms with Gasteiger partial charge >= 0.3 is 12.1 Å². The van der Waals surface area contributed by atoms with E-state index >= 15 is 0 Å². The van der Waals surface area contributed by atoms with Gasteiger partial charge in [-0.25, -0.2) is 9.59 Å². The van der Waals surface area contributed by atoms with Crippen molar-refractivity contribution in [3.05, 3.63) is 35.4 Å². The number of oxime groups is 1. The summed E-state index contributed by atoms with van der Waals surface area (Å²) in [6.45, 7) is 5.97. The molecule has 0 saturated carbocycles. The van der Waals surface area contributed by atoms with Crippen molar-refractivity contribution in [3.63, 3.8) is 0 Å². The lowest BCUT2D eigenvalue weighted by atomic mass is 10.0. The van der Waals surface area contributed by atoms with Gasteiger partial charge in [0.2, 0.25) is 5.71 Å². The van der Waals surface area contributed by atoms with Crippen molar-refractivity contribution in [1.82, 2.24) is 15.1 Å². The van der Waals surface area contributed by atoms with E-state index in [1.54, 1.807) is 6.07 Å². The zero-order valence-electron chi connectivity index (χ0n) is 20.2. The highest BCUT2D eigenvalue weighted by Crippen LogP contribution is 2.40. The Morgan fingerprint density at radius 1 is 1.31 bits per heavy atom. The molecule has 2 unspecified atom stereocenters. The van der Waals surface area contributed by atoms with Gasteiger partial charge in [-0.3, -0.25) is 14.5 Å². The number of hydrogen-bond donors (Lipinski definition) is 2. The number of nitrogens with two attached hydrogens (primary N) is 1. The molecule has 13 nitrogen and oxygen atoms in total. The molecule has 2 atom stereocenters. The lowest BCUT2D eigenvalue weighted by Crippen LogP contribution is -2.71. The Bertz CT molecular complexity index is 1040. The molecule has 1 saturated heterocycles. The standard InChI is InChI=1S/C22H29N5O8S/c1-4-26(5-2)8-10-34-21(30)17-13(11-35-22(23)31)12-36-20-16(19(29)27(17)20)24-18(28)15(25-32-3)14-7-6-9-33-14/h6-7,9,16,20H,4-5,8,10-12H2,1-3H3,(H2,23,31)(H,24,28)/b25-15-. The third-order valence-corrected chi connectivity index (χ3v) is 6.94. The second-order valence-corrected chi connectivity index (χ2v) is 8.79. The van der Waals surface area contributed by atoms with Gasteiger partial charge in [-0.2, -0.15) is 0 Å². The van der Waals surface area contributed by atoms with Gasteiger partial charge in [-0.05, 0) is 25.2 Å². The zero-order chi connectivity index (χ0) is 26.2. The van der Waals surface area contributed by atoms with E-state index in [1.165, 1.54) is 36.1 Å². The van der Waals surface area contributed by atoms with Crippen LogP contribution in [-0.4, -0.2) is 96.5 Å². The van der Waals surface area contributed by atoms with Crippen molar-refractivity contribution in [2.75, 3.05) is 45.7 Å². The summed E-state index contributed by atoms with van der Waals surface area (Å²) in [6.07, 6.45) is 0.367. The fourth-order valence-corrected chi connectivity index (χ4v) is 5.06. The summed E-state index contributed by atoms with van der Waals surface area (Å²) in [6, 6.07) is 2.18. The molecule has 2 aliphatic rings. The van der Waals surface area contributed by atoms with Crippen LogP contribution in [0.15, 0.2) is 39.2 Å². The van der Waals surface area contributed by atoms with E-state index < -0.39 is 35.3 Å². The van der Waals surface area contributed by atoms with Crippen molar-refractivity contribution >= 4 is 41.4 Å². The van der Waals surface area contributed by atoms with Crippen LogP contribution < -0.4 is 11.1 Å². The molecule has 0 spiro atoms. The van der Waals surface area contributed by atoms with E-state index in [0.29, 0.717) is 12.1 Å². The number of esters is 1. The number of furan rings is 1. The molecule has 0 radical (unpaired) electrons. The number of β-lactam (4-membered cyclic amide) rings is 1. The summed E-state index contributed by atoms with van der Waals surface area (Å²) in [5.41, 5.74) is 5.32. The number of nitrogens with one attached hydrogen (secondary N) is 1. The number of fused-ring (bicyclic) bond motifs is 1. The number of nitrogens with zero attached hydrogens (tertiary/aromatic N) is 3. The highest BCUT2D eigenvalue weighted by molar-refractivity contribution is 8.00. The van der Waals surface area contributed by atoms with Crippen LogP contribution >= 0.6 is 11.8 Å². The van der Waals surface area contributed by atoms with E-state index in [4.69, 9.17) is 24.5 Å². The molecule has 196 valence electrons. The fourth-order valence-electron chi connectivity index (χ4n) is 3.73. The molecule has 1 fully saturated rings.